The Bertz CT molecular complexity index is 2410. The molecule has 2 atom stereocenters. The average molecular weight is 665 g/mol. The number of hydrogen-bond acceptors (Lipinski definition) is 0. The van der Waals surface area contributed by atoms with Crippen molar-refractivity contribution in [2.75, 3.05) is 0 Å². The second-order valence-corrected chi connectivity index (χ2v) is 18.2. The van der Waals surface area contributed by atoms with Crippen LogP contribution in [0.15, 0.2) is 106 Å². The van der Waals surface area contributed by atoms with Gasteiger partial charge in [0.1, 0.15) is 0 Å². The summed E-state index contributed by atoms with van der Waals surface area (Å²) >= 11 is 0. The van der Waals surface area contributed by atoms with Gasteiger partial charge in [0.15, 0.2) is 0 Å². The van der Waals surface area contributed by atoms with Crippen LogP contribution in [0.5, 0.6) is 0 Å². The third-order valence-corrected chi connectivity index (χ3v) is 13.9. The van der Waals surface area contributed by atoms with Crippen molar-refractivity contribution in [3.63, 3.8) is 0 Å². The second-order valence-electron chi connectivity index (χ2n) is 18.2. The Balaban J connectivity index is 0.929. The fourth-order valence-electron chi connectivity index (χ4n) is 11.0. The van der Waals surface area contributed by atoms with Crippen molar-refractivity contribution in [3.8, 4) is 0 Å². The molecule has 0 aromatic heterocycles. The van der Waals surface area contributed by atoms with E-state index < -0.39 is 0 Å². The van der Waals surface area contributed by atoms with Gasteiger partial charge in [-0.15, -0.1) is 0 Å². The SMILES string of the molecule is CC1(C)C2=C(CCC=C2)C2=C1C=C(c1ccc3c(c1)CCC(C1=CC=C(c4ccc5ccc6c7c5c4=CCC7CC(C(C)(C)C)C=6)CC1)=C3)CC2. The predicted molar refractivity (Wildman–Crippen MR) is 218 cm³/mol. The first-order chi connectivity index (χ1) is 24.6. The summed E-state index contributed by atoms with van der Waals surface area (Å²) in [6, 6.07) is 16.9. The summed E-state index contributed by atoms with van der Waals surface area (Å²) in [6.45, 7) is 12.1. The molecule has 3 aromatic rings. The summed E-state index contributed by atoms with van der Waals surface area (Å²) in [5.74, 6) is 1.29. The van der Waals surface area contributed by atoms with Gasteiger partial charge in [-0.1, -0.05) is 126 Å². The highest BCUT2D eigenvalue weighted by Gasteiger charge is 2.39. The molecule has 0 spiro atoms. The van der Waals surface area contributed by atoms with Crippen molar-refractivity contribution in [1.82, 2.24) is 0 Å². The van der Waals surface area contributed by atoms with Crippen LogP contribution in [0, 0.1) is 16.7 Å². The molecule has 51 heavy (non-hydrogen) atoms. The molecule has 0 bridgehead atoms. The fraction of sp³-hybridized carbons (Fsp3) is 0.373. The van der Waals surface area contributed by atoms with Crippen molar-refractivity contribution < 1.29 is 0 Å². The molecule has 3 aromatic carbocycles. The summed E-state index contributed by atoms with van der Waals surface area (Å²) in [7, 11) is 0. The van der Waals surface area contributed by atoms with Crippen LogP contribution in [0.4, 0.5) is 0 Å². The summed E-state index contributed by atoms with van der Waals surface area (Å²) < 4.78 is 0. The maximum absolute atomic E-state index is 2.59. The van der Waals surface area contributed by atoms with E-state index in [9.17, 15) is 0 Å². The van der Waals surface area contributed by atoms with Gasteiger partial charge in [0.2, 0.25) is 0 Å². The summed E-state index contributed by atoms with van der Waals surface area (Å²) in [5.41, 5.74) is 20.5. The van der Waals surface area contributed by atoms with Crippen LogP contribution in [0.3, 0.4) is 0 Å². The Morgan fingerprint density at radius 2 is 1.51 bits per heavy atom. The molecular formula is C51H52. The molecular weight excluding hydrogens is 613 g/mol. The van der Waals surface area contributed by atoms with E-state index in [1.807, 2.05) is 0 Å². The third-order valence-electron chi connectivity index (χ3n) is 13.9. The van der Waals surface area contributed by atoms with Crippen LogP contribution in [0.25, 0.3) is 40.1 Å². The maximum atomic E-state index is 2.59. The van der Waals surface area contributed by atoms with E-state index in [0.717, 1.165) is 32.1 Å². The van der Waals surface area contributed by atoms with Crippen LogP contribution >= 0.6 is 0 Å². The Morgan fingerprint density at radius 1 is 0.725 bits per heavy atom. The quantitative estimate of drug-likeness (QED) is 0.261. The lowest BCUT2D eigenvalue weighted by atomic mass is 9.68. The van der Waals surface area contributed by atoms with Crippen LogP contribution in [-0.4, -0.2) is 0 Å². The Hall–Kier alpha value is -4.16. The largest absolute Gasteiger partial charge is 0.0839 e. The van der Waals surface area contributed by atoms with E-state index in [-0.39, 0.29) is 5.41 Å². The molecule has 2 unspecified atom stereocenters. The van der Waals surface area contributed by atoms with Gasteiger partial charge in [-0.2, -0.15) is 0 Å². The molecule has 0 saturated heterocycles. The highest BCUT2D eigenvalue weighted by Crippen LogP contribution is 2.55. The molecule has 256 valence electrons. The van der Waals surface area contributed by atoms with E-state index in [0.29, 0.717) is 17.3 Å². The Labute approximate surface area is 305 Å². The number of fused-ring (bicyclic) bond motifs is 2. The molecule has 0 heteroatoms. The minimum atomic E-state index is 0.127. The first-order valence-electron chi connectivity index (χ1n) is 20.0. The molecule has 0 radical (unpaired) electrons. The third kappa shape index (κ3) is 4.99. The van der Waals surface area contributed by atoms with Crippen molar-refractivity contribution in [2.24, 2.45) is 16.7 Å². The average Bonchev–Trinajstić information content (AvgIpc) is 3.38. The molecule has 0 heterocycles. The van der Waals surface area contributed by atoms with E-state index in [1.165, 1.54) is 92.3 Å². The van der Waals surface area contributed by atoms with Gasteiger partial charge in [0.25, 0.3) is 0 Å². The lowest BCUT2D eigenvalue weighted by molar-refractivity contribution is 0.274. The van der Waals surface area contributed by atoms with Crippen LogP contribution in [0.1, 0.15) is 126 Å². The first-order valence-corrected chi connectivity index (χ1v) is 20.0. The van der Waals surface area contributed by atoms with Crippen LogP contribution < -0.4 is 10.4 Å². The van der Waals surface area contributed by atoms with Crippen molar-refractivity contribution in [1.29, 1.82) is 0 Å². The normalized spacial score (nSPS) is 24.5. The van der Waals surface area contributed by atoms with E-state index in [1.54, 1.807) is 33.4 Å². The minimum Gasteiger partial charge on any atom is -0.0839 e. The number of aryl methyl sites for hydroxylation is 1. The number of benzene rings is 3. The monoisotopic (exact) mass is 664 g/mol. The molecule has 7 aliphatic carbocycles. The van der Waals surface area contributed by atoms with Crippen molar-refractivity contribution in [2.45, 2.75) is 105 Å². The number of allylic oxidation sites excluding steroid dienone is 13. The van der Waals surface area contributed by atoms with E-state index in [2.05, 4.69) is 126 Å². The van der Waals surface area contributed by atoms with Gasteiger partial charge in [-0.05, 0) is 175 Å². The zero-order valence-electron chi connectivity index (χ0n) is 31.4. The second kappa shape index (κ2) is 11.4. The zero-order valence-corrected chi connectivity index (χ0v) is 31.4. The molecule has 0 nitrogen and oxygen atoms in total. The lowest BCUT2D eigenvalue weighted by Crippen LogP contribution is -2.33. The molecule has 0 N–H and O–H groups in total. The van der Waals surface area contributed by atoms with Crippen LogP contribution in [0.2, 0.25) is 0 Å². The van der Waals surface area contributed by atoms with Gasteiger partial charge in [0.05, 0.1) is 0 Å². The van der Waals surface area contributed by atoms with Crippen molar-refractivity contribution in [3.05, 3.63) is 145 Å². The standard InChI is InChI=1S/C51H52/c1-50(2,3)41-28-39-19-14-33-20-23-42(45-25-22-40(29-41)48(39)49(33)45)32-12-10-31(11-13-32)34-15-16-36-27-37(18-17-35(36)26-34)38-21-24-44-43-8-6-7-9-46(43)51(4,5)47(44)30-38/h7,9-10,12,14,17-20,23,25-28,30,40-41H,6,8,11,13,15-16,21-22,24,29H2,1-5H3. The zero-order chi connectivity index (χ0) is 34.6. The van der Waals surface area contributed by atoms with Gasteiger partial charge in [-0.3, -0.25) is 0 Å². The topological polar surface area (TPSA) is 0 Å². The Kier molecular flexibility index (Phi) is 7.07. The highest BCUT2D eigenvalue weighted by molar-refractivity contribution is 5.93. The lowest BCUT2D eigenvalue weighted by Gasteiger charge is -2.36. The minimum absolute atomic E-state index is 0.127. The molecule has 10 rings (SSSR count). The first kappa shape index (κ1) is 31.6. The summed E-state index contributed by atoms with van der Waals surface area (Å²) in [6.07, 6.45) is 31.7. The Morgan fingerprint density at radius 3 is 2.35 bits per heavy atom. The molecule has 0 amide bonds. The van der Waals surface area contributed by atoms with Gasteiger partial charge in [0, 0.05) is 5.41 Å². The summed E-state index contributed by atoms with van der Waals surface area (Å²) in [4.78, 5) is 0. The van der Waals surface area contributed by atoms with Gasteiger partial charge < -0.3 is 0 Å². The van der Waals surface area contributed by atoms with Crippen molar-refractivity contribution >= 4 is 40.1 Å². The van der Waals surface area contributed by atoms with E-state index in [4.69, 9.17) is 0 Å². The van der Waals surface area contributed by atoms with Gasteiger partial charge in [-0.25, -0.2) is 0 Å². The molecule has 0 fully saturated rings. The van der Waals surface area contributed by atoms with E-state index >= 15 is 0 Å². The van der Waals surface area contributed by atoms with Gasteiger partial charge >= 0.3 is 0 Å². The molecule has 7 aliphatic rings. The molecule has 0 aliphatic heterocycles. The van der Waals surface area contributed by atoms with Crippen LogP contribution in [-0.2, 0) is 6.42 Å². The highest BCUT2D eigenvalue weighted by atomic mass is 14.4. The number of rotatable bonds is 3. The fourth-order valence-corrected chi connectivity index (χ4v) is 11.0. The number of hydrogen-bond donors (Lipinski definition) is 0. The molecule has 0 saturated carbocycles. The smallest absolute Gasteiger partial charge is 0.0152 e. The summed E-state index contributed by atoms with van der Waals surface area (Å²) in [5, 5.41) is 5.94. The maximum Gasteiger partial charge on any atom is 0.0152 e. The predicted octanol–water partition coefficient (Wildman–Crippen LogP) is 12.2.